The third-order valence-electron chi connectivity index (χ3n) is 5.33. The van der Waals surface area contributed by atoms with E-state index in [1.54, 1.807) is 0 Å². The van der Waals surface area contributed by atoms with E-state index in [-0.39, 0.29) is 17.1 Å². The van der Waals surface area contributed by atoms with E-state index >= 15 is 0 Å². The van der Waals surface area contributed by atoms with Gasteiger partial charge < -0.3 is 4.90 Å². The molecule has 24 heavy (non-hydrogen) atoms. The summed E-state index contributed by atoms with van der Waals surface area (Å²) in [6, 6.07) is 9.24. The zero-order chi connectivity index (χ0) is 17.2. The molecular formula is C18H26N2O3S. The summed E-state index contributed by atoms with van der Waals surface area (Å²) < 4.78 is 26.7. The lowest BCUT2D eigenvalue weighted by Gasteiger charge is -2.38. The molecular weight excluding hydrogens is 324 g/mol. The highest BCUT2D eigenvalue weighted by Crippen LogP contribution is 2.39. The minimum atomic E-state index is -3.32. The second-order valence-electron chi connectivity index (χ2n) is 7.20. The Morgan fingerprint density at radius 2 is 1.62 bits per heavy atom. The van der Waals surface area contributed by atoms with Crippen molar-refractivity contribution < 1.29 is 13.2 Å². The number of carbonyl (C=O) groups excluding carboxylic acids is 1. The van der Waals surface area contributed by atoms with Crippen LogP contribution in [-0.4, -0.2) is 49.7 Å². The number of sulfonamides is 1. The van der Waals surface area contributed by atoms with Crippen LogP contribution in [0.25, 0.3) is 0 Å². The van der Waals surface area contributed by atoms with Crippen LogP contribution < -0.4 is 0 Å². The largest absolute Gasteiger partial charge is 0.340 e. The van der Waals surface area contributed by atoms with Crippen molar-refractivity contribution in [2.24, 2.45) is 5.41 Å². The molecule has 0 bridgehead atoms. The summed E-state index contributed by atoms with van der Waals surface area (Å²) in [4.78, 5) is 14.6. The van der Waals surface area contributed by atoms with Crippen molar-refractivity contribution in [1.29, 1.82) is 0 Å². The molecule has 2 aliphatic rings. The quantitative estimate of drug-likeness (QED) is 0.837. The Bertz CT molecular complexity index is 673. The molecule has 1 aliphatic heterocycles. The fraction of sp³-hybridized carbons (Fsp3) is 0.611. The topological polar surface area (TPSA) is 57.7 Å². The lowest BCUT2D eigenvalue weighted by Crippen LogP contribution is -2.53. The van der Waals surface area contributed by atoms with E-state index in [0.29, 0.717) is 26.2 Å². The predicted molar refractivity (Wildman–Crippen MR) is 93.8 cm³/mol. The summed E-state index contributed by atoms with van der Waals surface area (Å²) in [5.41, 5.74) is 0.569. The lowest BCUT2D eigenvalue weighted by molar-refractivity contribution is -0.142. The summed E-state index contributed by atoms with van der Waals surface area (Å²) in [6.45, 7) is 3.86. The van der Waals surface area contributed by atoms with Crippen LogP contribution >= 0.6 is 0 Å². The highest BCUT2D eigenvalue weighted by molar-refractivity contribution is 7.88. The van der Waals surface area contributed by atoms with Crippen LogP contribution in [0.1, 0.15) is 38.2 Å². The first-order chi connectivity index (χ1) is 11.4. The number of rotatable bonds is 4. The van der Waals surface area contributed by atoms with Crippen LogP contribution in [0.3, 0.4) is 0 Å². The van der Waals surface area contributed by atoms with E-state index in [1.165, 1.54) is 4.31 Å². The third-order valence-corrected chi connectivity index (χ3v) is 7.18. The van der Waals surface area contributed by atoms with Crippen molar-refractivity contribution in [1.82, 2.24) is 9.21 Å². The van der Waals surface area contributed by atoms with Crippen molar-refractivity contribution >= 4 is 15.9 Å². The summed E-state index contributed by atoms with van der Waals surface area (Å²) in [7, 11) is -3.32. The van der Waals surface area contributed by atoms with Crippen LogP contribution in [0.2, 0.25) is 0 Å². The van der Waals surface area contributed by atoms with E-state index in [4.69, 9.17) is 0 Å². The van der Waals surface area contributed by atoms with Gasteiger partial charge in [0.25, 0.3) is 0 Å². The molecule has 1 aromatic carbocycles. The van der Waals surface area contributed by atoms with Crippen LogP contribution in [0, 0.1) is 5.41 Å². The fourth-order valence-electron chi connectivity index (χ4n) is 3.80. The zero-order valence-electron chi connectivity index (χ0n) is 14.3. The van der Waals surface area contributed by atoms with Crippen LogP contribution in [0.15, 0.2) is 30.3 Å². The van der Waals surface area contributed by atoms with Gasteiger partial charge in [-0.25, -0.2) is 8.42 Å². The molecule has 5 nitrogen and oxygen atoms in total. The average molecular weight is 350 g/mol. The summed E-state index contributed by atoms with van der Waals surface area (Å²) in [5, 5.41) is 0. The monoisotopic (exact) mass is 350 g/mol. The van der Waals surface area contributed by atoms with Gasteiger partial charge in [-0.15, -0.1) is 0 Å². The SMILES string of the molecule is CC1(C(=O)N2CCN(S(=O)(=O)Cc3ccccc3)CC2)CCCC1. The van der Waals surface area contributed by atoms with Gasteiger partial charge in [0.2, 0.25) is 15.9 Å². The van der Waals surface area contributed by atoms with Crippen LogP contribution in [0.5, 0.6) is 0 Å². The molecule has 132 valence electrons. The molecule has 3 rings (SSSR count). The lowest BCUT2D eigenvalue weighted by atomic mass is 9.87. The minimum Gasteiger partial charge on any atom is -0.340 e. The summed E-state index contributed by atoms with van der Waals surface area (Å²) >= 11 is 0. The van der Waals surface area contributed by atoms with E-state index in [0.717, 1.165) is 31.2 Å². The standard InChI is InChI=1S/C18H26N2O3S/c1-18(9-5-6-10-18)17(21)19-11-13-20(14-12-19)24(22,23)15-16-7-3-2-4-8-16/h2-4,7-8H,5-6,9-15H2,1H3. The van der Waals surface area contributed by atoms with E-state index in [9.17, 15) is 13.2 Å². The van der Waals surface area contributed by atoms with E-state index < -0.39 is 10.0 Å². The Morgan fingerprint density at radius 3 is 2.21 bits per heavy atom. The Kier molecular flexibility index (Phi) is 4.97. The highest BCUT2D eigenvalue weighted by atomic mass is 32.2. The van der Waals surface area contributed by atoms with Crippen molar-refractivity contribution in [3.05, 3.63) is 35.9 Å². The molecule has 0 spiro atoms. The molecule has 1 aromatic rings. The first-order valence-corrected chi connectivity index (χ1v) is 10.3. The van der Waals surface area contributed by atoms with Gasteiger partial charge in [0, 0.05) is 31.6 Å². The molecule has 1 aliphatic carbocycles. The minimum absolute atomic E-state index is 0.0273. The van der Waals surface area contributed by atoms with Gasteiger partial charge >= 0.3 is 0 Å². The molecule has 0 atom stereocenters. The van der Waals surface area contributed by atoms with Gasteiger partial charge in [0.1, 0.15) is 0 Å². The Labute approximate surface area is 144 Å². The maximum Gasteiger partial charge on any atom is 0.228 e. The Balaban J connectivity index is 1.59. The van der Waals surface area contributed by atoms with Crippen molar-refractivity contribution in [3.63, 3.8) is 0 Å². The number of hydrogen-bond donors (Lipinski definition) is 0. The number of hydrogen-bond acceptors (Lipinski definition) is 3. The average Bonchev–Trinajstić information content (AvgIpc) is 3.03. The molecule has 2 fully saturated rings. The predicted octanol–water partition coefficient (Wildman–Crippen LogP) is 2.24. The second-order valence-corrected chi connectivity index (χ2v) is 9.17. The van der Waals surface area contributed by atoms with Crippen molar-refractivity contribution in [3.8, 4) is 0 Å². The Morgan fingerprint density at radius 1 is 1.04 bits per heavy atom. The third kappa shape index (κ3) is 3.64. The van der Waals surface area contributed by atoms with Gasteiger partial charge in [0.15, 0.2) is 0 Å². The van der Waals surface area contributed by atoms with Gasteiger partial charge in [-0.05, 0) is 18.4 Å². The highest BCUT2D eigenvalue weighted by Gasteiger charge is 2.40. The summed E-state index contributed by atoms with van der Waals surface area (Å²) in [5.74, 6) is 0.236. The van der Waals surface area contributed by atoms with Gasteiger partial charge in [0.05, 0.1) is 5.75 Å². The molecule has 1 saturated carbocycles. The fourth-order valence-corrected chi connectivity index (χ4v) is 5.31. The summed E-state index contributed by atoms with van der Waals surface area (Å²) in [6.07, 6.45) is 4.15. The number of carbonyl (C=O) groups is 1. The van der Waals surface area contributed by atoms with Crippen molar-refractivity contribution in [2.45, 2.75) is 38.4 Å². The van der Waals surface area contributed by atoms with Gasteiger partial charge in [-0.2, -0.15) is 4.31 Å². The smallest absolute Gasteiger partial charge is 0.228 e. The maximum atomic E-state index is 12.7. The van der Waals surface area contributed by atoms with E-state index in [2.05, 4.69) is 6.92 Å². The number of nitrogens with zero attached hydrogens (tertiary/aromatic N) is 2. The van der Waals surface area contributed by atoms with Crippen LogP contribution in [-0.2, 0) is 20.6 Å². The second kappa shape index (κ2) is 6.84. The Hall–Kier alpha value is -1.40. The molecule has 1 heterocycles. The number of amides is 1. The molecule has 1 amide bonds. The molecule has 1 saturated heterocycles. The first kappa shape index (κ1) is 17.4. The normalized spacial score (nSPS) is 21.8. The molecule has 6 heteroatoms. The zero-order valence-corrected chi connectivity index (χ0v) is 15.1. The number of benzene rings is 1. The van der Waals surface area contributed by atoms with Crippen molar-refractivity contribution in [2.75, 3.05) is 26.2 Å². The van der Waals surface area contributed by atoms with Gasteiger partial charge in [-0.1, -0.05) is 50.1 Å². The molecule has 0 unspecified atom stereocenters. The first-order valence-electron chi connectivity index (χ1n) is 8.72. The van der Waals surface area contributed by atoms with Crippen LogP contribution in [0.4, 0.5) is 0 Å². The number of piperazine rings is 1. The molecule has 0 aromatic heterocycles. The molecule has 0 N–H and O–H groups in total. The van der Waals surface area contributed by atoms with E-state index in [1.807, 2.05) is 35.2 Å². The maximum absolute atomic E-state index is 12.7. The van der Waals surface area contributed by atoms with Gasteiger partial charge in [-0.3, -0.25) is 4.79 Å². The molecule has 0 radical (unpaired) electrons.